The van der Waals surface area contributed by atoms with Crippen LogP contribution in [0.2, 0.25) is 0 Å². The number of carbonyl (C=O) groups excluding carboxylic acids is 2. The number of piperazine rings is 1. The van der Waals surface area contributed by atoms with Crippen LogP contribution in [-0.2, 0) is 4.79 Å². The van der Waals surface area contributed by atoms with E-state index < -0.39 is 0 Å². The summed E-state index contributed by atoms with van der Waals surface area (Å²) in [6.45, 7) is 3.88. The Kier molecular flexibility index (Phi) is 7.26. The van der Waals surface area contributed by atoms with Gasteiger partial charge >= 0.3 is 0 Å². The van der Waals surface area contributed by atoms with E-state index in [0.29, 0.717) is 49.0 Å². The molecular weight excluding hydrogens is 434 g/mol. The Morgan fingerprint density at radius 2 is 1.44 bits per heavy atom. The minimum Gasteiger partial charge on any atom is -0.497 e. The molecule has 0 radical (unpaired) electrons. The predicted molar refractivity (Wildman–Crippen MR) is 129 cm³/mol. The molecule has 4 rings (SSSR count). The average Bonchev–Trinajstić information content (AvgIpc) is 3.33. The lowest BCUT2D eigenvalue weighted by Gasteiger charge is -2.35. The van der Waals surface area contributed by atoms with Crippen molar-refractivity contribution in [1.29, 1.82) is 0 Å². The van der Waals surface area contributed by atoms with Gasteiger partial charge in [-0.1, -0.05) is 0 Å². The SMILES string of the molecule is COc1ccc(C(=O)N2C[C@H](c3cc(OC)ccc3OC)[C@H](C(=O)N3CCN(C)CC3)C2)cc1. The van der Waals surface area contributed by atoms with Gasteiger partial charge in [-0.25, -0.2) is 0 Å². The lowest BCUT2D eigenvalue weighted by molar-refractivity contribution is -0.137. The molecule has 0 saturated carbocycles. The summed E-state index contributed by atoms with van der Waals surface area (Å²) < 4.78 is 16.3. The largest absolute Gasteiger partial charge is 0.497 e. The Balaban J connectivity index is 1.65. The maximum absolute atomic E-state index is 13.7. The van der Waals surface area contributed by atoms with E-state index in [4.69, 9.17) is 14.2 Å². The number of methoxy groups -OCH3 is 3. The fourth-order valence-corrected chi connectivity index (χ4v) is 4.84. The van der Waals surface area contributed by atoms with Gasteiger partial charge in [-0.2, -0.15) is 0 Å². The van der Waals surface area contributed by atoms with Crippen molar-refractivity contribution < 1.29 is 23.8 Å². The predicted octanol–water partition coefficient (Wildman–Crippen LogP) is 2.34. The van der Waals surface area contributed by atoms with Crippen molar-refractivity contribution in [3.05, 3.63) is 53.6 Å². The summed E-state index contributed by atoms with van der Waals surface area (Å²) in [6.07, 6.45) is 0. The Hall–Kier alpha value is -3.26. The molecule has 182 valence electrons. The second-order valence-electron chi connectivity index (χ2n) is 8.89. The number of carbonyl (C=O) groups is 2. The maximum Gasteiger partial charge on any atom is 0.253 e. The van der Waals surface area contributed by atoms with E-state index in [0.717, 1.165) is 18.7 Å². The molecule has 2 aliphatic rings. The van der Waals surface area contributed by atoms with E-state index in [1.165, 1.54) is 0 Å². The molecular formula is C26H33N3O5. The van der Waals surface area contributed by atoms with Gasteiger partial charge in [-0.3, -0.25) is 9.59 Å². The molecule has 0 N–H and O–H groups in total. The van der Waals surface area contributed by atoms with Crippen molar-refractivity contribution in [1.82, 2.24) is 14.7 Å². The first-order valence-electron chi connectivity index (χ1n) is 11.6. The van der Waals surface area contributed by atoms with Crippen LogP contribution in [0, 0.1) is 5.92 Å². The quantitative estimate of drug-likeness (QED) is 0.650. The zero-order valence-electron chi connectivity index (χ0n) is 20.3. The summed E-state index contributed by atoms with van der Waals surface area (Å²) in [4.78, 5) is 33.0. The molecule has 2 amide bonds. The van der Waals surface area contributed by atoms with E-state index in [1.807, 2.05) is 23.1 Å². The second-order valence-corrected chi connectivity index (χ2v) is 8.89. The number of amides is 2. The van der Waals surface area contributed by atoms with Crippen molar-refractivity contribution in [2.45, 2.75) is 5.92 Å². The number of hydrogen-bond donors (Lipinski definition) is 0. The van der Waals surface area contributed by atoms with Crippen LogP contribution in [0.25, 0.3) is 0 Å². The first kappa shape index (κ1) is 23.9. The van der Waals surface area contributed by atoms with Gasteiger partial charge < -0.3 is 28.9 Å². The third kappa shape index (κ3) is 4.82. The van der Waals surface area contributed by atoms with Gasteiger partial charge in [-0.15, -0.1) is 0 Å². The van der Waals surface area contributed by atoms with Crippen LogP contribution in [0.1, 0.15) is 21.8 Å². The van der Waals surface area contributed by atoms with E-state index in [-0.39, 0.29) is 23.7 Å². The van der Waals surface area contributed by atoms with Crippen molar-refractivity contribution >= 4 is 11.8 Å². The van der Waals surface area contributed by atoms with Gasteiger partial charge in [0.05, 0.1) is 27.2 Å². The molecule has 2 atom stereocenters. The summed E-state index contributed by atoms with van der Waals surface area (Å²) in [7, 11) is 6.90. The number of likely N-dealkylation sites (N-methyl/N-ethyl adjacent to an activating group) is 1. The van der Waals surface area contributed by atoms with Crippen LogP contribution in [-0.4, -0.2) is 94.2 Å². The third-order valence-corrected chi connectivity index (χ3v) is 6.91. The first-order valence-corrected chi connectivity index (χ1v) is 11.6. The molecule has 8 heteroatoms. The highest BCUT2D eigenvalue weighted by Crippen LogP contribution is 2.40. The molecule has 2 saturated heterocycles. The topological polar surface area (TPSA) is 71.5 Å². The Morgan fingerprint density at radius 1 is 0.794 bits per heavy atom. The van der Waals surface area contributed by atoms with Crippen molar-refractivity contribution in [3.8, 4) is 17.2 Å². The number of hydrogen-bond acceptors (Lipinski definition) is 6. The number of nitrogens with zero attached hydrogens (tertiary/aromatic N) is 3. The van der Waals surface area contributed by atoms with Gasteiger partial charge in [-0.05, 0) is 49.5 Å². The highest BCUT2D eigenvalue weighted by molar-refractivity contribution is 5.95. The zero-order valence-corrected chi connectivity index (χ0v) is 20.3. The van der Waals surface area contributed by atoms with Crippen LogP contribution < -0.4 is 14.2 Å². The van der Waals surface area contributed by atoms with E-state index >= 15 is 0 Å². The Bertz CT molecular complexity index is 1020. The van der Waals surface area contributed by atoms with Crippen molar-refractivity contribution in [3.63, 3.8) is 0 Å². The zero-order chi connectivity index (χ0) is 24.2. The molecule has 2 heterocycles. The molecule has 8 nitrogen and oxygen atoms in total. The molecule has 0 spiro atoms. The molecule has 2 aromatic carbocycles. The summed E-state index contributed by atoms with van der Waals surface area (Å²) >= 11 is 0. The Labute approximate surface area is 201 Å². The maximum atomic E-state index is 13.7. The average molecular weight is 468 g/mol. The highest BCUT2D eigenvalue weighted by atomic mass is 16.5. The molecule has 2 aromatic rings. The van der Waals surface area contributed by atoms with Crippen LogP contribution >= 0.6 is 0 Å². The summed E-state index contributed by atoms with van der Waals surface area (Å²) in [5.41, 5.74) is 1.46. The molecule has 2 fully saturated rings. The molecule has 0 aliphatic carbocycles. The fraction of sp³-hybridized carbons (Fsp3) is 0.462. The fourth-order valence-electron chi connectivity index (χ4n) is 4.84. The van der Waals surface area contributed by atoms with Crippen LogP contribution in [0.5, 0.6) is 17.2 Å². The van der Waals surface area contributed by atoms with Gasteiger partial charge in [0, 0.05) is 56.3 Å². The van der Waals surface area contributed by atoms with E-state index in [1.54, 1.807) is 50.5 Å². The smallest absolute Gasteiger partial charge is 0.253 e. The minimum atomic E-state index is -0.355. The summed E-state index contributed by atoms with van der Waals surface area (Å²) in [5.74, 6) is 1.53. The molecule has 0 unspecified atom stereocenters. The number of rotatable bonds is 6. The Morgan fingerprint density at radius 3 is 2.06 bits per heavy atom. The monoisotopic (exact) mass is 467 g/mol. The summed E-state index contributed by atoms with van der Waals surface area (Å²) in [5, 5.41) is 0. The van der Waals surface area contributed by atoms with Crippen LogP contribution in [0.4, 0.5) is 0 Å². The number of ether oxygens (including phenoxy) is 3. The van der Waals surface area contributed by atoms with Crippen molar-refractivity contribution in [2.24, 2.45) is 5.92 Å². The van der Waals surface area contributed by atoms with Gasteiger partial charge in [0.25, 0.3) is 5.91 Å². The molecule has 2 aliphatic heterocycles. The van der Waals surface area contributed by atoms with Crippen LogP contribution in [0.3, 0.4) is 0 Å². The molecule has 0 bridgehead atoms. The second kappa shape index (κ2) is 10.3. The van der Waals surface area contributed by atoms with Gasteiger partial charge in [0.15, 0.2) is 0 Å². The van der Waals surface area contributed by atoms with Gasteiger partial charge in [0.2, 0.25) is 5.91 Å². The first-order chi connectivity index (χ1) is 16.4. The lowest BCUT2D eigenvalue weighted by Crippen LogP contribution is -2.50. The van der Waals surface area contributed by atoms with E-state index in [9.17, 15) is 9.59 Å². The molecule has 34 heavy (non-hydrogen) atoms. The summed E-state index contributed by atoms with van der Waals surface area (Å²) in [6, 6.07) is 12.7. The standard InChI is InChI=1S/C26H33N3O5/c1-27-11-13-28(14-12-27)26(31)23-17-29(25(30)18-5-7-19(32-2)8-6-18)16-22(23)21-15-20(33-3)9-10-24(21)34-4/h5-10,15,22-23H,11-14,16-17H2,1-4H3/t22-,23-/m1/s1. The highest BCUT2D eigenvalue weighted by Gasteiger charge is 2.43. The van der Waals surface area contributed by atoms with E-state index in [2.05, 4.69) is 11.9 Å². The third-order valence-electron chi connectivity index (χ3n) is 6.91. The number of benzene rings is 2. The number of likely N-dealkylation sites (tertiary alicyclic amines) is 1. The molecule has 0 aromatic heterocycles. The van der Waals surface area contributed by atoms with Crippen molar-refractivity contribution in [2.75, 3.05) is 67.6 Å². The minimum absolute atomic E-state index is 0.0907. The lowest BCUT2D eigenvalue weighted by atomic mass is 9.87. The van der Waals surface area contributed by atoms with Crippen LogP contribution in [0.15, 0.2) is 42.5 Å². The van der Waals surface area contributed by atoms with Gasteiger partial charge in [0.1, 0.15) is 17.2 Å². The normalized spacial score (nSPS) is 20.8.